The molecule has 0 atom stereocenters. The lowest BCUT2D eigenvalue weighted by Gasteiger charge is -2.27. The smallest absolute Gasteiger partial charge is 0.255 e. The number of aromatic amines is 1. The molecule has 0 aliphatic carbocycles. The van der Waals surface area contributed by atoms with Crippen molar-refractivity contribution < 1.29 is 9.18 Å². The number of nitrogens with zero attached hydrogens (tertiary/aromatic N) is 1. The maximum Gasteiger partial charge on any atom is 0.255 e. The van der Waals surface area contributed by atoms with Crippen molar-refractivity contribution in [1.29, 1.82) is 0 Å². The van der Waals surface area contributed by atoms with E-state index in [0.717, 1.165) is 23.7 Å². The van der Waals surface area contributed by atoms with Crippen molar-refractivity contribution in [2.45, 2.75) is 32.7 Å². The van der Waals surface area contributed by atoms with E-state index in [4.69, 9.17) is 0 Å². The van der Waals surface area contributed by atoms with Crippen LogP contribution in [0.15, 0.2) is 59.5 Å². The van der Waals surface area contributed by atoms with E-state index < -0.39 is 17.3 Å². The van der Waals surface area contributed by atoms with Gasteiger partial charge in [0, 0.05) is 28.2 Å². The van der Waals surface area contributed by atoms with Crippen LogP contribution < -0.4 is 10.7 Å². The molecular weight excluding hydrogens is 381 g/mol. The average molecular weight is 403 g/mol. The minimum absolute atomic E-state index is 0.119. The summed E-state index contributed by atoms with van der Waals surface area (Å²) in [4.78, 5) is 33.1. The number of benzene rings is 2. The summed E-state index contributed by atoms with van der Waals surface area (Å²) in [5, 5.41) is 3.59. The first kappa shape index (κ1) is 19.8. The summed E-state index contributed by atoms with van der Waals surface area (Å²) in [5.41, 5.74) is 1.72. The molecule has 6 heteroatoms. The first-order valence-electron chi connectivity index (χ1n) is 9.82. The Morgan fingerprint density at radius 3 is 2.63 bits per heavy atom. The van der Waals surface area contributed by atoms with Crippen molar-refractivity contribution in [2.75, 3.05) is 0 Å². The standard InChI is InChI=1S/C24H22FN3O2/c1-4-15-11-14(9-10-26-15)24(2,3)28-23(30)17-13-21-18(12-19(17)25)22(29)16-7-5-6-8-20(16)27-21/h5-13H,4H2,1-3H3,(H,27,29)(H,28,30). The Labute approximate surface area is 173 Å². The van der Waals surface area contributed by atoms with Crippen LogP contribution in [0.5, 0.6) is 0 Å². The molecule has 152 valence electrons. The molecule has 0 bridgehead atoms. The highest BCUT2D eigenvalue weighted by molar-refractivity contribution is 6.00. The Bertz CT molecular complexity index is 1340. The lowest BCUT2D eigenvalue weighted by atomic mass is 9.93. The van der Waals surface area contributed by atoms with Gasteiger partial charge in [0.15, 0.2) is 5.43 Å². The number of halogens is 1. The van der Waals surface area contributed by atoms with Crippen molar-refractivity contribution in [3.63, 3.8) is 0 Å². The van der Waals surface area contributed by atoms with Crippen molar-refractivity contribution >= 4 is 27.7 Å². The van der Waals surface area contributed by atoms with Gasteiger partial charge >= 0.3 is 0 Å². The Kier molecular flexibility index (Phi) is 4.86. The van der Waals surface area contributed by atoms with Crippen LogP contribution in [-0.4, -0.2) is 15.9 Å². The fourth-order valence-corrected chi connectivity index (χ4v) is 3.60. The Morgan fingerprint density at radius 1 is 1.10 bits per heavy atom. The van der Waals surface area contributed by atoms with Gasteiger partial charge < -0.3 is 10.3 Å². The van der Waals surface area contributed by atoms with E-state index in [1.54, 1.807) is 24.4 Å². The van der Waals surface area contributed by atoms with Crippen LogP contribution in [-0.2, 0) is 12.0 Å². The topological polar surface area (TPSA) is 74.8 Å². The monoisotopic (exact) mass is 403 g/mol. The van der Waals surface area contributed by atoms with Crippen molar-refractivity contribution in [2.24, 2.45) is 0 Å². The maximum absolute atomic E-state index is 14.8. The summed E-state index contributed by atoms with van der Waals surface area (Å²) in [5.74, 6) is -1.29. The van der Waals surface area contributed by atoms with E-state index >= 15 is 0 Å². The van der Waals surface area contributed by atoms with Gasteiger partial charge in [0.25, 0.3) is 5.91 Å². The molecule has 1 amide bonds. The number of carbonyl (C=O) groups excluding carboxylic acids is 1. The van der Waals surface area contributed by atoms with Crippen molar-refractivity contribution in [1.82, 2.24) is 15.3 Å². The third-order valence-corrected chi connectivity index (χ3v) is 5.36. The van der Waals surface area contributed by atoms with Gasteiger partial charge in [-0.25, -0.2) is 4.39 Å². The zero-order valence-corrected chi connectivity index (χ0v) is 17.0. The van der Waals surface area contributed by atoms with E-state index in [9.17, 15) is 14.0 Å². The van der Waals surface area contributed by atoms with Crippen LogP contribution in [0.2, 0.25) is 0 Å². The maximum atomic E-state index is 14.8. The summed E-state index contributed by atoms with van der Waals surface area (Å²) in [6.45, 7) is 5.72. The number of aryl methyl sites for hydroxylation is 1. The fourth-order valence-electron chi connectivity index (χ4n) is 3.60. The number of H-pyrrole nitrogens is 1. The second-order valence-electron chi connectivity index (χ2n) is 7.85. The predicted octanol–water partition coefficient (Wildman–Crippen LogP) is 4.44. The van der Waals surface area contributed by atoms with Crippen LogP contribution in [0.4, 0.5) is 4.39 Å². The first-order valence-corrected chi connectivity index (χ1v) is 9.82. The molecule has 2 N–H and O–H groups in total. The van der Waals surface area contributed by atoms with E-state index in [2.05, 4.69) is 15.3 Å². The Balaban J connectivity index is 1.75. The minimum Gasteiger partial charge on any atom is -0.354 e. The predicted molar refractivity (Wildman–Crippen MR) is 116 cm³/mol. The van der Waals surface area contributed by atoms with Crippen LogP contribution in [0.3, 0.4) is 0 Å². The normalized spacial score (nSPS) is 11.7. The molecule has 0 aliphatic rings. The number of amides is 1. The summed E-state index contributed by atoms with van der Waals surface area (Å²) >= 11 is 0. The SMILES string of the molecule is CCc1cc(C(C)(C)NC(=O)c2cc3[nH]c4ccccc4c(=O)c3cc2F)ccn1. The fraction of sp³-hybridized carbons (Fsp3) is 0.208. The highest BCUT2D eigenvalue weighted by atomic mass is 19.1. The molecule has 0 unspecified atom stereocenters. The molecule has 4 rings (SSSR count). The highest BCUT2D eigenvalue weighted by Crippen LogP contribution is 2.23. The van der Waals surface area contributed by atoms with Gasteiger partial charge in [-0.1, -0.05) is 19.1 Å². The van der Waals surface area contributed by atoms with E-state index in [-0.39, 0.29) is 16.4 Å². The number of hydrogen-bond donors (Lipinski definition) is 2. The van der Waals surface area contributed by atoms with Gasteiger partial charge in [0.05, 0.1) is 16.6 Å². The van der Waals surface area contributed by atoms with Crippen LogP contribution in [0.1, 0.15) is 42.4 Å². The van der Waals surface area contributed by atoms with E-state index in [0.29, 0.717) is 16.4 Å². The number of carbonyl (C=O) groups is 1. The van der Waals surface area contributed by atoms with E-state index in [1.165, 1.54) is 6.07 Å². The second kappa shape index (κ2) is 7.37. The molecule has 30 heavy (non-hydrogen) atoms. The number of rotatable bonds is 4. The summed E-state index contributed by atoms with van der Waals surface area (Å²) in [6.07, 6.45) is 2.48. The van der Waals surface area contributed by atoms with Crippen LogP contribution in [0, 0.1) is 5.82 Å². The zero-order chi connectivity index (χ0) is 21.5. The molecule has 0 spiro atoms. The van der Waals surface area contributed by atoms with Crippen LogP contribution in [0.25, 0.3) is 21.8 Å². The molecule has 2 aromatic carbocycles. The first-order chi connectivity index (χ1) is 14.3. The quantitative estimate of drug-likeness (QED) is 0.495. The average Bonchev–Trinajstić information content (AvgIpc) is 2.74. The lowest BCUT2D eigenvalue weighted by molar-refractivity contribution is 0.0908. The molecule has 2 aromatic heterocycles. The molecular formula is C24H22FN3O2. The molecule has 2 heterocycles. The third-order valence-electron chi connectivity index (χ3n) is 5.36. The summed E-state index contributed by atoms with van der Waals surface area (Å²) < 4.78 is 14.8. The van der Waals surface area contributed by atoms with Crippen molar-refractivity contribution in [3.05, 3.63) is 87.6 Å². The van der Waals surface area contributed by atoms with Gasteiger partial charge in [-0.3, -0.25) is 14.6 Å². The number of aromatic nitrogens is 2. The van der Waals surface area contributed by atoms with Gasteiger partial charge in [0.1, 0.15) is 5.82 Å². The Hall–Kier alpha value is -3.54. The molecule has 0 radical (unpaired) electrons. The van der Waals surface area contributed by atoms with Gasteiger partial charge in [-0.2, -0.15) is 0 Å². The van der Waals surface area contributed by atoms with Crippen molar-refractivity contribution in [3.8, 4) is 0 Å². The van der Waals surface area contributed by atoms with E-state index in [1.807, 2.05) is 39.0 Å². The number of nitrogens with one attached hydrogen (secondary N) is 2. The summed E-state index contributed by atoms with van der Waals surface area (Å²) in [6, 6.07) is 13.3. The number of para-hydroxylation sites is 1. The van der Waals surface area contributed by atoms with Gasteiger partial charge in [-0.15, -0.1) is 0 Å². The molecule has 0 fully saturated rings. The minimum atomic E-state index is -0.736. The molecule has 0 saturated carbocycles. The number of pyridine rings is 2. The summed E-state index contributed by atoms with van der Waals surface area (Å²) in [7, 11) is 0. The number of hydrogen-bond acceptors (Lipinski definition) is 3. The Morgan fingerprint density at radius 2 is 1.87 bits per heavy atom. The van der Waals surface area contributed by atoms with Crippen LogP contribution >= 0.6 is 0 Å². The molecule has 0 saturated heterocycles. The highest BCUT2D eigenvalue weighted by Gasteiger charge is 2.26. The lowest BCUT2D eigenvalue weighted by Crippen LogP contribution is -2.41. The van der Waals surface area contributed by atoms with Gasteiger partial charge in [-0.05, 0) is 62.2 Å². The second-order valence-corrected chi connectivity index (χ2v) is 7.85. The molecule has 5 nitrogen and oxygen atoms in total. The largest absolute Gasteiger partial charge is 0.354 e. The zero-order valence-electron chi connectivity index (χ0n) is 17.0. The third kappa shape index (κ3) is 3.45. The molecule has 0 aliphatic heterocycles. The van der Waals surface area contributed by atoms with Gasteiger partial charge in [0.2, 0.25) is 0 Å². The molecule has 4 aromatic rings. The number of fused-ring (bicyclic) bond motifs is 2.